The highest BCUT2D eigenvalue weighted by Gasteiger charge is 2.31. The van der Waals surface area contributed by atoms with Crippen LogP contribution in [0.15, 0.2) is 18.3 Å². The summed E-state index contributed by atoms with van der Waals surface area (Å²) in [6.07, 6.45) is 3.29. The van der Waals surface area contributed by atoms with Crippen molar-refractivity contribution in [2.45, 2.75) is 39.0 Å². The van der Waals surface area contributed by atoms with E-state index in [1.807, 2.05) is 6.07 Å². The van der Waals surface area contributed by atoms with Crippen molar-refractivity contribution in [2.24, 2.45) is 0 Å². The molecule has 114 valence electrons. The summed E-state index contributed by atoms with van der Waals surface area (Å²) in [4.78, 5) is 19.4. The van der Waals surface area contributed by atoms with Gasteiger partial charge in [-0.2, -0.15) is 0 Å². The third-order valence-corrected chi connectivity index (χ3v) is 4.42. The Morgan fingerprint density at radius 1 is 1.32 bits per heavy atom. The predicted octanol–water partition coefficient (Wildman–Crippen LogP) is 3.08. The topological polar surface area (TPSA) is 83.3 Å². The number of aromatic carboxylic acids is 1. The largest absolute Gasteiger partial charge is 0.507 e. The summed E-state index contributed by atoms with van der Waals surface area (Å²) in [5, 5.41) is 19.4. The van der Waals surface area contributed by atoms with E-state index >= 15 is 0 Å². The molecule has 1 aromatic carbocycles. The van der Waals surface area contributed by atoms with Gasteiger partial charge in [0.1, 0.15) is 5.75 Å². The first-order valence-corrected chi connectivity index (χ1v) is 7.23. The lowest BCUT2D eigenvalue weighted by atomic mass is 9.86. The van der Waals surface area contributed by atoms with Crippen LogP contribution < -0.4 is 0 Å². The van der Waals surface area contributed by atoms with Crippen LogP contribution in [0.1, 0.15) is 47.4 Å². The first kappa shape index (κ1) is 14.5. The zero-order chi connectivity index (χ0) is 16.1. The van der Waals surface area contributed by atoms with Crippen molar-refractivity contribution < 1.29 is 15.0 Å². The Kier molecular flexibility index (Phi) is 3.16. The lowest BCUT2D eigenvalue weighted by Crippen LogP contribution is -2.11. The quantitative estimate of drug-likeness (QED) is 0.890. The maximum atomic E-state index is 11.0. The van der Waals surface area contributed by atoms with Gasteiger partial charge < -0.3 is 10.2 Å². The normalized spacial score (nSPS) is 15.6. The Morgan fingerprint density at radius 2 is 2.05 bits per heavy atom. The van der Waals surface area contributed by atoms with Crippen molar-refractivity contribution in [3.05, 3.63) is 40.7 Å². The number of hydrogen-bond donors (Lipinski definition) is 2. The Hall–Kier alpha value is -2.43. The van der Waals surface area contributed by atoms with Crippen LogP contribution in [0.2, 0.25) is 0 Å². The van der Waals surface area contributed by atoms with Crippen molar-refractivity contribution in [3.63, 3.8) is 0 Å². The molecule has 5 nitrogen and oxygen atoms in total. The molecule has 1 aromatic heterocycles. The minimum atomic E-state index is -1.05. The van der Waals surface area contributed by atoms with Crippen LogP contribution in [0, 0.1) is 6.92 Å². The third-order valence-electron chi connectivity index (χ3n) is 4.42. The smallest absolute Gasteiger partial charge is 0.339 e. The summed E-state index contributed by atoms with van der Waals surface area (Å²) >= 11 is 0. The van der Waals surface area contributed by atoms with E-state index in [4.69, 9.17) is 5.11 Å². The maximum absolute atomic E-state index is 11.0. The molecule has 0 fully saturated rings. The second-order valence-electron chi connectivity index (χ2n) is 6.41. The molecule has 1 aliphatic carbocycles. The summed E-state index contributed by atoms with van der Waals surface area (Å²) in [6.45, 7) is 5.96. The number of carboxylic acids is 1. The van der Waals surface area contributed by atoms with Crippen LogP contribution >= 0.6 is 0 Å². The number of rotatable bonds is 2. The van der Waals surface area contributed by atoms with Crippen molar-refractivity contribution in [3.8, 4) is 17.1 Å². The monoisotopic (exact) mass is 298 g/mol. The number of carboxylic acid groups (broad SMARTS) is 1. The number of nitrogens with zero attached hydrogens (tertiary/aromatic N) is 2. The number of phenolic OH excluding ortho intramolecular Hbond substituents is 1. The molecule has 0 bridgehead atoms. The van der Waals surface area contributed by atoms with Gasteiger partial charge in [-0.3, -0.25) is 0 Å². The van der Waals surface area contributed by atoms with E-state index in [1.54, 1.807) is 13.0 Å². The molecular weight excluding hydrogens is 280 g/mol. The summed E-state index contributed by atoms with van der Waals surface area (Å²) in [5.74, 6) is -0.562. The molecule has 0 unspecified atom stereocenters. The third kappa shape index (κ3) is 2.22. The van der Waals surface area contributed by atoms with Gasteiger partial charge in [0, 0.05) is 6.20 Å². The van der Waals surface area contributed by atoms with E-state index in [0.717, 1.165) is 18.4 Å². The van der Waals surface area contributed by atoms with Gasteiger partial charge in [0.2, 0.25) is 0 Å². The van der Waals surface area contributed by atoms with Gasteiger partial charge >= 0.3 is 5.97 Å². The number of aryl methyl sites for hydroxylation is 2. The molecule has 0 radical (unpaired) electrons. The number of carbonyl (C=O) groups is 1. The SMILES string of the molecule is Cc1nc(-c2cc3c(cc2O)C(C)(C)CC3)ncc1C(=O)O. The Bertz CT molecular complexity index is 782. The molecule has 0 amide bonds. The van der Waals surface area contributed by atoms with Crippen LogP contribution in [-0.2, 0) is 11.8 Å². The summed E-state index contributed by atoms with van der Waals surface area (Å²) in [7, 11) is 0. The van der Waals surface area contributed by atoms with Gasteiger partial charge in [-0.25, -0.2) is 14.8 Å². The van der Waals surface area contributed by atoms with Crippen LogP contribution in [0.3, 0.4) is 0 Å². The first-order valence-electron chi connectivity index (χ1n) is 7.23. The Morgan fingerprint density at radius 3 is 2.68 bits per heavy atom. The number of fused-ring (bicyclic) bond motifs is 1. The fourth-order valence-corrected chi connectivity index (χ4v) is 3.04. The van der Waals surface area contributed by atoms with Gasteiger partial charge in [-0.1, -0.05) is 13.8 Å². The molecule has 1 heterocycles. The van der Waals surface area contributed by atoms with E-state index in [2.05, 4.69) is 23.8 Å². The zero-order valence-electron chi connectivity index (χ0n) is 12.8. The van der Waals surface area contributed by atoms with Crippen molar-refractivity contribution >= 4 is 5.97 Å². The van der Waals surface area contributed by atoms with E-state index in [1.165, 1.54) is 11.8 Å². The summed E-state index contributed by atoms with van der Waals surface area (Å²) < 4.78 is 0. The molecule has 2 N–H and O–H groups in total. The van der Waals surface area contributed by atoms with E-state index in [0.29, 0.717) is 17.1 Å². The molecule has 3 rings (SSSR count). The highest BCUT2D eigenvalue weighted by atomic mass is 16.4. The van der Waals surface area contributed by atoms with E-state index < -0.39 is 5.97 Å². The number of hydrogen-bond acceptors (Lipinski definition) is 4. The minimum absolute atomic E-state index is 0.0648. The summed E-state index contributed by atoms with van der Waals surface area (Å²) in [6, 6.07) is 3.72. The van der Waals surface area contributed by atoms with Crippen molar-refractivity contribution in [1.82, 2.24) is 9.97 Å². The number of phenols is 1. The number of aromatic nitrogens is 2. The lowest BCUT2D eigenvalue weighted by Gasteiger charge is -2.19. The zero-order valence-corrected chi connectivity index (χ0v) is 12.8. The Balaban J connectivity index is 2.11. The Labute approximate surface area is 128 Å². The highest BCUT2D eigenvalue weighted by molar-refractivity contribution is 5.88. The molecule has 0 atom stereocenters. The van der Waals surface area contributed by atoms with Crippen molar-refractivity contribution in [1.29, 1.82) is 0 Å². The second-order valence-corrected chi connectivity index (χ2v) is 6.41. The fraction of sp³-hybridized carbons (Fsp3) is 0.353. The van der Waals surface area contributed by atoms with Gasteiger partial charge in [-0.15, -0.1) is 0 Å². The van der Waals surface area contributed by atoms with E-state index in [-0.39, 0.29) is 16.7 Å². The van der Waals surface area contributed by atoms with Gasteiger partial charge in [0.15, 0.2) is 5.82 Å². The van der Waals surface area contributed by atoms with Crippen LogP contribution in [0.5, 0.6) is 5.75 Å². The lowest BCUT2D eigenvalue weighted by molar-refractivity contribution is 0.0695. The van der Waals surface area contributed by atoms with Gasteiger partial charge in [-0.05, 0) is 48.4 Å². The van der Waals surface area contributed by atoms with Gasteiger partial charge in [0.25, 0.3) is 0 Å². The molecule has 2 aromatic rings. The molecule has 0 saturated heterocycles. The van der Waals surface area contributed by atoms with Crippen LogP contribution in [0.4, 0.5) is 0 Å². The molecule has 22 heavy (non-hydrogen) atoms. The van der Waals surface area contributed by atoms with Crippen molar-refractivity contribution in [2.75, 3.05) is 0 Å². The molecule has 5 heteroatoms. The number of aromatic hydroxyl groups is 1. The second kappa shape index (κ2) is 4.80. The first-order chi connectivity index (χ1) is 10.3. The predicted molar refractivity (Wildman–Crippen MR) is 82.2 cm³/mol. The average molecular weight is 298 g/mol. The fourth-order valence-electron chi connectivity index (χ4n) is 3.04. The maximum Gasteiger partial charge on any atom is 0.339 e. The van der Waals surface area contributed by atoms with Gasteiger partial charge in [0.05, 0.1) is 16.8 Å². The molecule has 0 aliphatic heterocycles. The highest BCUT2D eigenvalue weighted by Crippen LogP contribution is 2.42. The molecule has 0 spiro atoms. The number of benzene rings is 1. The minimum Gasteiger partial charge on any atom is -0.507 e. The standard InChI is InChI=1S/C17H18N2O3/c1-9-12(16(21)22)8-18-15(19-9)11-6-10-4-5-17(2,3)13(10)7-14(11)20/h6-8,20H,4-5H2,1-3H3,(H,21,22). The average Bonchev–Trinajstić information content (AvgIpc) is 2.73. The van der Waals surface area contributed by atoms with Crippen LogP contribution in [0.25, 0.3) is 11.4 Å². The summed E-state index contributed by atoms with van der Waals surface area (Å²) in [5.41, 5.74) is 3.43. The molecule has 0 saturated carbocycles. The molecular formula is C17H18N2O3. The van der Waals surface area contributed by atoms with E-state index in [9.17, 15) is 9.90 Å². The molecule has 1 aliphatic rings. The van der Waals surface area contributed by atoms with Crippen LogP contribution in [-0.4, -0.2) is 26.2 Å².